The standard InChI is InChI=1S/C18H16N2O6S/c1-2-23-16(21)5-6-20-11-8-13-14(26-10-25-13)9-15(11)27-18(20)19-17(22)12-4-3-7-24-12/h3-4,7-9H,2,5-6,10H2,1H3. The molecule has 0 aliphatic carbocycles. The largest absolute Gasteiger partial charge is 0.466 e. The molecule has 4 rings (SSSR count). The van der Waals surface area contributed by atoms with Crippen LogP contribution in [0.15, 0.2) is 39.9 Å². The second kappa shape index (κ2) is 7.28. The second-order valence-corrected chi connectivity index (χ2v) is 6.67. The van der Waals surface area contributed by atoms with E-state index in [1.807, 2.05) is 12.1 Å². The highest BCUT2D eigenvalue weighted by Gasteiger charge is 2.19. The van der Waals surface area contributed by atoms with Gasteiger partial charge in [0.25, 0.3) is 0 Å². The molecule has 27 heavy (non-hydrogen) atoms. The van der Waals surface area contributed by atoms with Crippen LogP contribution < -0.4 is 14.3 Å². The zero-order valence-corrected chi connectivity index (χ0v) is 15.3. The Kier molecular flexibility index (Phi) is 4.68. The van der Waals surface area contributed by atoms with Crippen LogP contribution in [0.2, 0.25) is 0 Å². The Bertz CT molecular complexity index is 1060. The lowest BCUT2D eigenvalue weighted by molar-refractivity contribution is -0.143. The molecule has 0 saturated carbocycles. The first-order chi connectivity index (χ1) is 13.2. The Morgan fingerprint density at radius 1 is 1.30 bits per heavy atom. The van der Waals surface area contributed by atoms with Crippen molar-refractivity contribution in [3.63, 3.8) is 0 Å². The van der Waals surface area contributed by atoms with Crippen LogP contribution in [0.25, 0.3) is 10.2 Å². The number of esters is 1. The highest BCUT2D eigenvalue weighted by Crippen LogP contribution is 2.37. The highest BCUT2D eigenvalue weighted by atomic mass is 32.1. The molecule has 0 spiro atoms. The number of rotatable bonds is 5. The summed E-state index contributed by atoms with van der Waals surface area (Å²) < 4.78 is 23.6. The fraction of sp³-hybridized carbons (Fsp3) is 0.278. The Balaban J connectivity index is 1.77. The Morgan fingerprint density at radius 3 is 2.85 bits per heavy atom. The third kappa shape index (κ3) is 3.45. The highest BCUT2D eigenvalue weighted by molar-refractivity contribution is 7.16. The van der Waals surface area contributed by atoms with Crippen molar-refractivity contribution in [2.24, 2.45) is 4.99 Å². The molecule has 0 saturated heterocycles. The van der Waals surface area contributed by atoms with Gasteiger partial charge in [-0.3, -0.25) is 9.59 Å². The van der Waals surface area contributed by atoms with E-state index in [9.17, 15) is 9.59 Å². The Hall–Kier alpha value is -3.07. The zero-order chi connectivity index (χ0) is 18.8. The summed E-state index contributed by atoms with van der Waals surface area (Å²) in [4.78, 5) is 28.8. The number of carbonyl (C=O) groups is 2. The summed E-state index contributed by atoms with van der Waals surface area (Å²) in [5, 5.41) is 0. The molecule has 1 aliphatic heterocycles. The van der Waals surface area contributed by atoms with Gasteiger partial charge in [0.15, 0.2) is 22.1 Å². The minimum absolute atomic E-state index is 0.151. The van der Waals surface area contributed by atoms with Crippen molar-refractivity contribution in [3.05, 3.63) is 41.1 Å². The number of thiazole rings is 1. The van der Waals surface area contributed by atoms with Gasteiger partial charge in [-0.15, -0.1) is 0 Å². The van der Waals surface area contributed by atoms with Gasteiger partial charge in [0.2, 0.25) is 6.79 Å². The SMILES string of the molecule is CCOC(=O)CCn1c(=NC(=O)c2ccco2)sc2cc3c(cc21)OCO3. The normalized spacial score (nSPS) is 13.3. The lowest BCUT2D eigenvalue weighted by Crippen LogP contribution is -2.19. The Morgan fingerprint density at radius 2 is 2.11 bits per heavy atom. The minimum atomic E-state index is -0.489. The van der Waals surface area contributed by atoms with Gasteiger partial charge in [-0.2, -0.15) is 4.99 Å². The topological polar surface area (TPSA) is 92.3 Å². The lowest BCUT2D eigenvalue weighted by Gasteiger charge is -2.06. The summed E-state index contributed by atoms with van der Waals surface area (Å²) >= 11 is 1.33. The van der Waals surface area contributed by atoms with Crippen LogP contribution in [0.4, 0.5) is 0 Å². The van der Waals surface area contributed by atoms with E-state index in [1.165, 1.54) is 17.6 Å². The predicted molar refractivity (Wildman–Crippen MR) is 95.8 cm³/mol. The summed E-state index contributed by atoms with van der Waals surface area (Å²) in [7, 11) is 0. The molecular weight excluding hydrogens is 372 g/mol. The van der Waals surface area contributed by atoms with Crippen LogP contribution in [0.1, 0.15) is 23.9 Å². The smallest absolute Gasteiger partial charge is 0.315 e. The molecule has 0 unspecified atom stereocenters. The number of hydrogen-bond donors (Lipinski definition) is 0. The molecule has 1 aliphatic rings. The van der Waals surface area contributed by atoms with Crippen molar-refractivity contribution in [1.82, 2.24) is 4.57 Å². The molecule has 9 heteroatoms. The first kappa shape index (κ1) is 17.3. The van der Waals surface area contributed by atoms with Gasteiger partial charge >= 0.3 is 11.9 Å². The number of carbonyl (C=O) groups excluding carboxylic acids is 2. The molecule has 0 fully saturated rings. The number of nitrogens with zero attached hydrogens (tertiary/aromatic N) is 2. The van der Waals surface area contributed by atoms with E-state index in [-0.39, 0.29) is 24.9 Å². The minimum Gasteiger partial charge on any atom is -0.466 e. The fourth-order valence-corrected chi connectivity index (χ4v) is 3.80. The van der Waals surface area contributed by atoms with Gasteiger partial charge in [0, 0.05) is 18.7 Å². The van der Waals surface area contributed by atoms with Crippen LogP contribution in [0.3, 0.4) is 0 Å². The number of ether oxygens (including phenoxy) is 3. The van der Waals surface area contributed by atoms with Gasteiger partial charge < -0.3 is 23.2 Å². The van der Waals surface area contributed by atoms with Crippen LogP contribution in [0, 0.1) is 0 Å². The molecule has 0 N–H and O–H groups in total. The maximum Gasteiger partial charge on any atom is 0.315 e. The average Bonchev–Trinajstić information content (AvgIpc) is 3.38. The van der Waals surface area contributed by atoms with E-state index < -0.39 is 5.91 Å². The first-order valence-electron chi connectivity index (χ1n) is 8.37. The second-order valence-electron chi connectivity index (χ2n) is 5.66. The van der Waals surface area contributed by atoms with Crippen molar-refractivity contribution in [2.75, 3.05) is 13.4 Å². The summed E-state index contributed by atoms with van der Waals surface area (Å²) in [5.41, 5.74) is 0.805. The van der Waals surface area contributed by atoms with E-state index in [4.69, 9.17) is 18.6 Å². The summed E-state index contributed by atoms with van der Waals surface area (Å²) in [5.74, 6) is 0.614. The number of aryl methyl sites for hydroxylation is 1. The van der Waals surface area contributed by atoms with Crippen LogP contribution in [0.5, 0.6) is 11.5 Å². The molecule has 0 radical (unpaired) electrons. The molecule has 3 aromatic rings. The monoisotopic (exact) mass is 388 g/mol. The molecule has 140 valence electrons. The third-order valence-corrected chi connectivity index (χ3v) is 4.99. The van der Waals surface area contributed by atoms with Gasteiger partial charge in [-0.25, -0.2) is 0 Å². The summed E-state index contributed by atoms with van der Waals surface area (Å²) in [6, 6.07) is 6.86. The van der Waals surface area contributed by atoms with Crippen molar-refractivity contribution in [2.45, 2.75) is 19.9 Å². The number of hydrogen-bond acceptors (Lipinski definition) is 7. The van der Waals surface area contributed by atoms with E-state index >= 15 is 0 Å². The van der Waals surface area contributed by atoms with Gasteiger partial charge in [0.1, 0.15) is 0 Å². The third-order valence-electron chi connectivity index (χ3n) is 3.95. The molecule has 2 aromatic heterocycles. The quantitative estimate of drug-likeness (QED) is 0.624. The molecule has 0 atom stereocenters. The molecule has 1 amide bonds. The van der Waals surface area contributed by atoms with Crippen LogP contribution in [-0.2, 0) is 16.1 Å². The summed E-state index contributed by atoms with van der Waals surface area (Å²) in [6.07, 6.45) is 1.58. The van der Waals surface area contributed by atoms with Crippen molar-refractivity contribution in [3.8, 4) is 11.5 Å². The van der Waals surface area contributed by atoms with Gasteiger partial charge in [-0.05, 0) is 19.1 Å². The van der Waals surface area contributed by atoms with E-state index in [0.717, 1.165) is 10.2 Å². The fourth-order valence-electron chi connectivity index (χ4n) is 2.74. The van der Waals surface area contributed by atoms with E-state index in [1.54, 1.807) is 23.6 Å². The van der Waals surface area contributed by atoms with Crippen LogP contribution in [-0.4, -0.2) is 29.8 Å². The number of benzene rings is 1. The van der Waals surface area contributed by atoms with E-state index in [2.05, 4.69) is 4.99 Å². The zero-order valence-electron chi connectivity index (χ0n) is 14.5. The molecule has 0 bridgehead atoms. The lowest BCUT2D eigenvalue weighted by atomic mass is 10.3. The maximum atomic E-state index is 12.3. The van der Waals surface area contributed by atoms with Gasteiger partial charge in [-0.1, -0.05) is 11.3 Å². The van der Waals surface area contributed by atoms with Crippen molar-refractivity contribution < 1.29 is 28.2 Å². The molecule has 8 nitrogen and oxygen atoms in total. The van der Waals surface area contributed by atoms with E-state index in [0.29, 0.717) is 29.5 Å². The number of fused-ring (bicyclic) bond motifs is 2. The first-order valence-corrected chi connectivity index (χ1v) is 9.18. The molecule has 3 heterocycles. The van der Waals surface area contributed by atoms with Crippen molar-refractivity contribution in [1.29, 1.82) is 0 Å². The van der Waals surface area contributed by atoms with Crippen LogP contribution >= 0.6 is 11.3 Å². The molecule has 1 aromatic carbocycles. The summed E-state index contributed by atoms with van der Waals surface area (Å²) in [6.45, 7) is 2.57. The number of amides is 1. The number of furan rings is 1. The van der Waals surface area contributed by atoms with Crippen molar-refractivity contribution >= 4 is 33.4 Å². The Labute approximate surface area is 157 Å². The predicted octanol–water partition coefficient (Wildman–Crippen LogP) is 2.72. The average molecular weight is 388 g/mol. The molecular formula is C18H16N2O6S. The number of aromatic nitrogens is 1. The maximum absolute atomic E-state index is 12.3. The van der Waals surface area contributed by atoms with Gasteiger partial charge in [0.05, 0.1) is 29.5 Å².